The van der Waals surface area contributed by atoms with Crippen molar-refractivity contribution < 1.29 is 9.53 Å². The number of hydrogen-bond acceptors (Lipinski definition) is 3. The zero-order valence-electron chi connectivity index (χ0n) is 11.2. The van der Waals surface area contributed by atoms with Crippen LogP contribution in [-0.2, 0) is 22.4 Å². The largest absolute Gasteiger partial charge is 0.465 e. The van der Waals surface area contributed by atoms with Crippen molar-refractivity contribution in [3.63, 3.8) is 0 Å². The lowest BCUT2D eigenvalue weighted by molar-refractivity contribution is -0.149. The normalized spacial score (nSPS) is 20.0. The molecule has 1 atom stereocenters. The monoisotopic (exact) mass is 247 g/mol. The van der Waals surface area contributed by atoms with Crippen molar-refractivity contribution in [2.45, 2.75) is 32.7 Å². The molecule has 3 heteroatoms. The minimum atomic E-state index is -0.126. The molecule has 1 aromatic rings. The Morgan fingerprint density at radius 3 is 2.72 bits per heavy atom. The van der Waals surface area contributed by atoms with Gasteiger partial charge in [-0.1, -0.05) is 31.2 Å². The Kier molecular flexibility index (Phi) is 4.37. The van der Waals surface area contributed by atoms with Gasteiger partial charge < -0.3 is 4.74 Å². The van der Waals surface area contributed by atoms with Gasteiger partial charge in [-0.3, -0.25) is 9.69 Å². The number of nitrogens with zero attached hydrogens (tertiary/aromatic N) is 1. The second kappa shape index (κ2) is 6.01. The van der Waals surface area contributed by atoms with Crippen molar-refractivity contribution in [3.8, 4) is 0 Å². The molecule has 0 radical (unpaired) electrons. The first-order valence-corrected chi connectivity index (χ1v) is 6.73. The fourth-order valence-electron chi connectivity index (χ4n) is 2.61. The zero-order valence-corrected chi connectivity index (χ0v) is 11.2. The molecule has 0 aromatic heterocycles. The maximum absolute atomic E-state index is 12.1. The van der Waals surface area contributed by atoms with E-state index in [9.17, 15) is 4.79 Å². The summed E-state index contributed by atoms with van der Waals surface area (Å²) in [6.45, 7) is 6.23. The highest BCUT2D eigenvalue weighted by molar-refractivity contribution is 5.76. The zero-order chi connectivity index (χ0) is 13.0. The summed E-state index contributed by atoms with van der Waals surface area (Å²) in [5.74, 6) is -0.0870. The molecule has 0 saturated heterocycles. The maximum atomic E-state index is 12.1. The molecule has 0 fully saturated rings. The van der Waals surface area contributed by atoms with E-state index in [1.807, 2.05) is 13.0 Å². The third kappa shape index (κ3) is 2.72. The van der Waals surface area contributed by atoms with Gasteiger partial charge in [0.1, 0.15) is 6.04 Å². The van der Waals surface area contributed by atoms with Crippen molar-refractivity contribution in [1.82, 2.24) is 4.90 Å². The van der Waals surface area contributed by atoms with E-state index in [0.717, 1.165) is 25.9 Å². The van der Waals surface area contributed by atoms with Crippen LogP contribution in [0.15, 0.2) is 24.3 Å². The summed E-state index contributed by atoms with van der Waals surface area (Å²) in [5.41, 5.74) is 2.65. The summed E-state index contributed by atoms with van der Waals surface area (Å²) < 4.78 is 5.20. The lowest BCUT2D eigenvalue weighted by Gasteiger charge is -2.26. The third-order valence-electron chi connectivity index (χ3n) is 3.61. The van der Waals surface area contributed by atoms with Crippen LogP contribution in [0.3, 0.4) is 0 Å². The van der Waals surface area contributed by atoms with Crippen LogP contribution in [0.5, 0.6) is 0 Å². The van der Waals surface area contributed by atoms with Crippen LogP contribution in [-0.4, -0.2) is 36.6 Å². The van der Waals surface area contributed by atoms with E-state index in [1.54, 1.807) is 0 Å². The average molecular weight is 247 g/mol. The SMILES string of the molecule is CCOC(=O)C1Cc2ccccc2CCN1CC. The van der Waals surface area contributed by atoms with Crippen molar-refractivity contribution in [2.75, 3.05) is 19.7 Å². The molecule has 1 heterocycles. The summed E-state index contributed by atoms with van der Waals surface area (Å²) >= 11 is 0. The summed E-state index contributed by atoms with van der Waals surface area (Å²) in [4.78, 5) is 14.3. The van der Waals surface area contributed by atoms with Gasteiger partial charge in [0.15, 0.2) is 0 Å². The van der Waals surface area contributed by atoms with Crippen molar-refractivity contribution >= 4 is 5.97 Å². The molecule has 0 N–H and O–H groups in total. The van der Waals surface area contributed by atoms with E-state index in [2.05, 4.69) is 30.0 Å². The number of likely N-dealkylation sites (N-methyl/N-ethyl adjacent to an activating group) is 1. The van der Waals surface area contributed by atoms with Gasteiger partial charge in [-0.05, 0) is 37.4 Å². The number of fused-ring (bicyclic) bond motifs is 1. The smallest absolute Gasteiger partial charge is 0.323 e. The molecule has 1 aliphatic rings. The minimum Gasteiger partial charge on any atom is -0.465 e. The molecule has 3 nitrogen and oxygen atoms in total. The van der Waals surface area contributed by atoms with Gasteiger partial charge in [0.2, 0.25) is 0 Å². The Labute approximate surface area is 109 Å². The summed E-state index contributed by atoms with van der Waals surface area (Å²) in [6.07, 6.45) is 1.78. The van der Waals surface area contributed by atoms with E-state index >= 15 is 0 Å². The molecule has 1 unspecified atom stereocenters. The third-order valence-corrected chi connectivity index (χ3v) is 3.61. The molecule has 0 saturated carbocycles. The van der Waals surface area contributed by atoms with Crippen LogP contribution < -0.4 is 0 Å². The molecule has 0 spiro atoms. The van der Waals surface area contributed by atoms with Crippen LogP contribution in [0.4, 0.5) is 0 Å². The van der Waals surface area contributed by atoms with Gasteiger partial charge in [-0.15, -0.1) is 0 Å². The highest BCUT2D eigenvalue weighted by atomic mass is 16.5. The highest BCUT2D eigenvalue weighted by Crippen LogP contribution is 2.20. The van der Waals surface area contributed by atoms with Crippen LogP contribution in [0.2, 0.25) is 0 Å². The first-order valence-electron chi connectivity index (χ1n) is 6.73. The van der Waals surface area contributed by atoms with Gasteiger partial charge >= 0.3 is 5.97 Å². The highest BCUT2D eigenvalue weighted by Gasteiger charge is 2.29. The molecule has 1 aromatic carbocycles. The molecule has 98 valence electrons. The second-order valence-electron chi connectivity index (χ2n) is 4.62. The number of esters is 1. The van der Waals surface area contributed by atoms with Gasteiger partial charge in [0.05, 0.1) is 6.61 Å². The number of carbonyl (C=O) groups is 1. The van der Waals surface area contributed by atoms with Gasteiger partial charge in [0, 0.05) is 6.54 Å². The molecule has 0 aliphatic carbocycles. The molecule has 18 heavy (non-hydrogen) atoms. The summed E-state index contributed by atoms with van der Waals surface area (Å²) in [5, 5.41) is 0. The van der Waals surface area contributed by atoms with Gasteiger partial charge in [0.25, 0.3) is 0 Å². The molecule has 2 rings (SSSR count). The van der Waals surface area contributed by atoms with Crippen LogP contribution in [0, 0.1) is 0 Å². The average Bonchev–Trinajstić information content (AvgIpc) is 2.58. The Morgan fingerprint density at radius 1 is 1.33 bits per heavy atom. The molecular formula is C15H21NO2. The lowest BCUT2D eigenvalue weighted by atomic mass is 10.0. The standard InChI is InChI=1S/C15H21NO2/c1-3-16-10-9-12-7-5-6-8-13(12)11-14(16)15(17)18-4-2/h5-8,14H,3-4,9-11H2,1-2H3. The quantitative estimate of drug-likeness (QED) is 0.766. The molecular weight excluding hydrogens is 226 g/mol. The Morgan fingerprint density at radius 2 is 2.06 bits per heavy atom. The van der Waals surface area contributed by atoms with Crippen LogP contribution >= 0.6 is 0 Å². The Balaban J connectivity index is 2.23. The number of benzene rings is 1. The summed E-state index contributed by atoms with van der Waals surface area (Å²) in [7, 11) is 0. The van der Waals surface area contributed by atoms with E-state index in [4.69, 9.17) is 4.74 Å². The van der Waals surface area contributed by atoms with E-state index in [0.29, 0.717) is 6.61 Å². The van der Waals surface area contributed by atoms with Gasteiger partial charge in [-0.2, -0.15) is 0 Å². The Hall–Kier alpha value is -1.35. The first-order chi connectivity index (χ1) is 8.76. The number of hydrogen-bond donors (Lipinski definition) is 0. The molecule has 0 bridgehead atoms. The summed E-state index contributed by atoms with van der Waals surface area (Å²) in [6, 6.07) is 8.28. The van der Waals surface area contributed by atoms with E-state index in [1.165, 1.54) is 11.1 Å². The van der Waals surface area contributed by atoms with E-state index in [-0.39, 0.29) is 12.0 Å². The van der Waals surface area contributed by atoms with Crippen LogP contribution in [0.1, 0.15) is 25.0 Å². The number of rotatable bonds is 3. The van der Waals surface area contributed by atoms with E-state index < -0.39 is 0 Å². The van der Waals surface area contributed by atoms with Crippen molar-refractivity contribution in [1.29, 1.82) is 0 Å². The van der Waals surface area contributed by atoms with Gasteiger partial charge in [-0.25, -0.2) is 0 Å². The minimum absolute atomic E-state index is 0.0870. The van der Waals surface area contributed by atoms with Crippen molar-refractivity contribution in [2.24, 2.45) is 0 Å². The number of carbonyl (C=O) groups excluding carboxylic acids is 1. The molecule has 1 aliphatic heterocycles. The topological polar surface area (TPSA) is 29.5 Å². The number of ether oxygens (including phenoxy) is 1. The second-order valence-corrected chi connectivity index (χ2v) is 4.62. The maximum Gasteiger partial charge on any atom is 0.323 e. The predicted molar refractivity (Wildman–Crippen MR) is 71.5 cm³/mol. The lowest BCUT2D eigenvalue weighted by Crippen LogP contribution is -2.43. The fourth-order valence-corrected chi connectivity index (χ4v) is 2.61. The van der Waals surface area contributed by atoms with Crippen LogP contribution in [0.25, 0.3) is 0 Å². The molecule has 0 amide bonds. The Bertz CT molecular complexity index is 417. The van der Waals surface area contributed by atoms with Crippen molar-refractivity contribution in [3.05, 3.63) is 35.4 Å². The first kappa shape index (κ1) is 13.1. The fraction of sp³-hybridized carbons (Fsp3) is 0.533. The predicted octanol–water partition coefficient (Wildman–Crippen LogP) is 2.04.